The van der Waals surface area contributed by atoms with Gasteiger partial charge in [0.25, 0.3) is 0 Å². The number of nitrogens with zero attached hydrogens (tertiary/aromatic N) is 2. The van der Waals surface area contributed by atoms with Crippen molar-refractivity contribution in [1.29, 1.82) is 0 Å². The van der Waals surface area contributed by atoms with Crippen LogP contribution in [-0.4, -0.2) is 51.1 Å². The first kappa shape index (κ1) is 16.6. The van der Waals surface area contributed by atoms with Gasteiger partial charge in [-0.05, 0) is 64.8 Å². The average molecular weight is 281 g/mol. The van der Waals surface area contributed by atoms with Crippen LogP contribution in [0.4, 0.5) is 10.1 Å². The quantitative estimate of drug-likeness (QED) is 0.737. The normalized spacial score (nSPS) is 10.8. The Morgan fingerprint density at radius 2 is 1.95 bits per heavy atom. The van der Waals surface area contributed by atoms with Crippen molar-refractivity contribution in [2.75, 3.05) is 45.2 Å². The number of carbonyl (C=O) groups is 1. The van der Waals surface area contributed by atoms with Crippen LogP contribution in [0.2, 0.25) is 0 Å². The van der Waals surface area contributed by atoms with Crippen LogP contribution in [0.15, 0.2) is 24.3 Å². The van der Waals surface area contributed by atoms with Gasteiger partial charge in [-0.3, -0.25) is 9.69 Å². The van der Waals surface area contributed by atoms with Gasteiger partial charge >= 0.3 is 0 Å². The number of carbonyl (C=O) groups excluding carboxylic acids is 1. The number of hydrogen-bond acceptors (Lipinski definition) is 3. The van der Waals surface area contributed by atoms with E-state index in [0.29, 0.717) is 13.1 Å². The second kappa shape index (κ2) is 8.66. The maximum atomic E-state index is 12.9. The van der Waals surface area contributed by atoms with E-state index in [1.165, 1.54) is 12.1 Å². The molecule has 5 heteroatoms. The number of anilines is 1. The average Bonchev–Trinajstić information content (AvgIpc) is 2.42. The molecule has 1 N–H and O–H groups in total. The molecule has 0 fully saturated rings. The molecule has 0 aliphatic rings. The summed E-state index contributed by atoms with van der Waals surface area (Å²) in [6.45, 7) is 4.67. The van der Waals surface area contributed by atoms with Crippen LogP contribution in [0.25, 0.3) is 0 Å². The minimum atomic E-state index is -0.290. The van der Waals surface area contributed by atoms with Crippen LogP contribution in [0.3, 0.4) is 0 Å². The zero-order chi connectivity index (χ0) is 15.0. The van der Waals surface area contributed by atoms with Crippen LogP contribution in [0.1, 0.15) is 13.3 Å². The van der Waals surface area contributed by atoms with Crippen LogP contribution < -0.4 is 10.2 Å². The molecule has 0 spiro atoms. The summed E-state index contributed by atoms with van der Waals surface area (Å²) in [6.07, 6.45) is 1.00. The molecule has 0 saturated heterocycles. The van der Waals surface area contributed by atoms with Crippen LogP contribution in [0.5, 0.6) is 0 Å². The molecule has 0 aliphatic carbocycles. The molecule has 0 aromatic heterocycles. The number of rotatable bonds is 8. The summed E-state index contributed by atoms with van der Waals surface area (Å²) >= 11 is 0. The molecule has 112 valence electrons. The second-order valence-electron chi connectivity index (χ2n) is 4.81. The number of benzene rings is 1. The van der Waals surface area contributed by atoms with Crippen LogP contribution in [0, 0.1) is 5.82 Å². The van der Waals surface area contributed by atoms with Crippen molar-refractivity contribution < 1.29 is 9.18 Å². The minimum Gasteiger partial charge on any atom is -0.320 e. The molecular formula is C15H24FN3O. The predicted octanol–water partition coefficient (Wildman–Crippen LogP) is 1.72. The Balaban J connectivity index is 2.56. The van der Waals surface area contributed by atoms with Gasteiger partial charge in [-0.2, -0.15) is 0 Å². The van der Waals surface area contributed by atoms with Gasteiger partial charge in [-0.15, -0.1) is 0 Å². The monoisotopic (exact) mass is 281 g/mol. The van der Waals surface area contributed by atoms with E-state index in [1.54, 1.807) is 17.0 Å². The van der Waals surface area contributed by atoms with Crippen molar-refractivity contribution in [3.05, 3.63) is 30.1 Å². The fraction of sp³-hybridized carbons (Fsp3) is 0.533. The van der Waals surface area contributed by atoms with Gasteiger partial charge in [0.2, 0.25) is 5.91 Å². The van der Waals surface area contributed by atoms with E-state index >= 15 is 0 Å². The van der Waals surface area contributed by atoms with E-state index in [4.69, 9.17) is 0 Å². The largest absolute Gasteiger partial charge is 0.320 e. The fourth-order valence-corrected chi connectivity index (χ4v) is 2.05. The van der Waals surface area contributed by atoms with Crippen LogP contribution in [-0.2, 0) is 4.79 Å². The number of halogens is 1. The van der Waals surface area contributed by atoms with Crippen molar-refractivity contribution in [3.8, 4) is 0 Å². The summed E-state index contributed by atoms with van der Waals surface area (Å²) in [7, 11) is 3.85. The first-order valence-electron chi connectivity index (χ1n) is 6.97. The van der Waals surface area contributed by atoms with Crippen LogP contribution >= 0.6 is 0 Å². The molecule has 0 unspecified atom stereocenters. The third-order valence-corrected chi connectivity index (χ3v) is 3.13. The Morgan fingerprint density at radius 3 is 2.50 bits per heavy atom. The molecule has 0 heterocycles. The van der Waals surface area contributed by atoms with E-state index in [0.717, 1.165) is 25.2 Å². The topological polar surface area (TPSA) is 35.6 Å². The summed E-state index contributed by atoms with van der Waals surface area (Å²) < 4.78 is 12.9. The van der Waals surface area contributed by atoms with Gasteiger partial charge in [0.1, 0.15) is 5.82 Å². The van der Waals surface area contributed by atoms with Crippen molar-refractivity contribution in [2.24, 2.45) is 0 Å². The third kappa shape index (κ3) is 5.27. The molecule has 0 radical (unpaired) electrons. The first-order valence-corrected chi connectivity index (χ1v) is 6.97. The molecule has 1 amide bonds. The number of amides is 1. The number of hydrogen-bond donors (Lipinski definition) is 1. The van der Waals surface area contributed by atoms with E-state index in [2.05, 4.69) is 5.32 Å². The van der Waals surface area contributed by atoms with Crippen molar-refractivity contribution in [1.82, 2.24) is 10.2 Å². The molecule has 0 saturated carbocycles. The first-order chi connectivity index (χ1) is 9.58. The molecule has 0 aliphatic heterocycles. The SMILES string of the molecule is CCN(C(=O)CN(C)CCCNC)c1ccc(F)cc1. The summed E-state index contributed by atoms with van der Waals surface area (Å²) in [5.74, 6) is -0.257. The van der Waals surface area contributed by atoms with E-state index in [1.807, 2.05) is 25.9 Å². The standard InChI is InChI=1S/C15H24FN3O/c1-4-19(14-8-6-13(16)7-9-14)15(20)12-18(3)11-5-10-17-2/h6-9,17H,4-5,10-12H2,1-3H3. The second-order valence-corrected chi connectivity index (χ2v) is 4.81. The highest BCUT2D eigenvalue weighted by Crippen LogP contribution is 2.15. The molecule has 1 aromatic rings. The summed E-state index contributed by atoms with van der Waals surface area (Å²) in [4.78, 5) is 16.0. The Hall–Kier alpha value is -1.46. The maximum absolute atomic E-state index is 12.9. The van der Waals surface area contributed by atoms with Gasteiger partial charge in [-0.1, -0.05) is 0 Å². The smallest absolute Gasteiger partial charge is 0.241 e. The Labute approximate surface area is 120 Å². The minimum absolute atomic E-state index is 0.0334. The Kier molecular flexibility index (Phi) is 7.18. The molecule has 20 heavy (non-hydrogen) atoms. The molecular weight excluding hydrogens is 257 g/mol. The lowest BCUT2D eigenvalue weighted by Crippen LogP contribution is -2.39. The zero-order valence-electron chi connectivity index (χ0n) is 12.5. The lowest BCUT2D eigenvalue weighted by molar-refractivity contribution is -0.119. The third-order valence-electron chi connectivity index (χ3n) is 3.13. The molecule has 1 rings (SSSR count). The predicted molar refractivity (Wildman–Crippen MR) is 80.5 cm³/mol. The summed E-state index contributed by atoms with van der Waals surface area (Å²) in [5, 5.41) is 3.08. The zero-order valence-corrected chi connectivity index (χ0v) is 12.5. The lowest BCUT2D eigenvalue weighted by Gasteiger charge is -2.24. The summed E-state index contributed by atoms with van der Waals surface area (Å²) in [5.41, 5.74) is 0.738. The fourth-order valence-electron chi connectivity index (χ4n) is 2.05. The number of nitrogens with one attached hydrogen (secondary N) is 1. The molecule has 4 nitrogen and oxygen atoms in total. The van der Waals surface area contributed by atoms with E-state index < -0.39 is 0 Å². The van der Waals surface area contributed by atoms with Gasteiger partial charge in [0.15, 0.2) is 0 Å². The van der Waals surface area contributed by atoms with Gasteiger partial charge in [0, 0.05) is 12.2 Å². The molecule has 0 atom stereocenters. The summed E-state index contributed by atoms with van der Waals surface area (Å²) in [6, 6.07) is 6.03. The highest BCUT2D eigenvalue weighted by molar-refractivity contribution is 5.94. The van der Waals surface area contributed by atoms with Gasteiger partial charge in [-0.25, -0.2) is 4.39 Å². The molecule has 1 aromatic carbocycles. The van der Waals surface area contributed by atoms with Crippen molar-refractivity contribution >= 4 is 11.6 Å². The number of likely N-dealkylation sites (N-methyl/N-ethyl adjacent to an activating group) is 2. The van der Waals surface area contributed by atoms with Gasteiger partial charge < -0.3 is 10.2 Å². The Bertz CT molecular complexity index is 408. The van der Waals surface area contributed by atoms with E-state index in [9.17, 15) is 9.18 Å². The molecule has 0 bridgehead atoms. The highest BCUT2D eigenvalue weighted by atomic mass is 19.1. The Morgan fingerprint density at radius 1 is 1.30 bits per heavy atom. The van der Waals surface area contributed by atoms with Gasteiger partial charge in [0.05, 0.1) is 6.54 Å². The lowest BCUT2D eigenvalue weighted by atomic mass is 10.2. The van der Waals surface area contributed by atoms with Crippen molar-refractivity contribution in [3.63, 3.8) is 0 Å². The van der Waals surface area contributed by atoms with Crippen molar-refractivity contribution in [2.45, 2.75) is 13.3 Å². The highest BCUT2D eigenvalue weighted by Gasteiger charge is 2.15. The van der Waals surface area contributed by atoms with E-state index in [-0.39, 0.29) is 11.7 Å². The maximum Gasteiger partial charge on any atom is 0.241 e.